The highest BCUT2D eigenvalue weighted by Gasteiger charge is 2.61. The number of rotatable bonds is 11. The molecule has 230 valence electrons. The minimum atomic E-state index is -1.10. The molecule has 4 N–H and O–H groups in total. The second kappa shape index (κ2) is 13.3. The molecule has 3 aliphatic rings. The summed E-state index contributed by atoms with van der Waals surface area (Å²) in [5, 5.41) is 42.0. The number of hydrogen-bond acceptors (Lipinski definition) is 7. The molecule has 42 heavy (non-hydrogen) atoms. The van der Waals surface area contributed by atoms with E-state index in [9.17, 15) is 25.2 Å². The number of carboxylic acids is 1. The number of carboxylic acid groups (broad SMARTS) is 1. The first-order valence-corrected chi connectivity index (χ1v) is 15.6. The van der Waals surface area contributed by atoms with E-state index < -0.39 is 30.0 Å². The van der Waals surface area contributed by atoms with Crippen LogP contribution in [0.3, 0.4) is 0 Å². The number of phenols is 1. The molecule has 0 bridgehead atoms. The van der Waals surface area contributed by atoms with E-state index in [1.54, 1.807) is 6.92 Å². The van der Waals surface area contributed by atoms with E-state index in [4.69, 9.17) is 21.7 Å². The molecule has 1 aromatic carbocycles. The van der Waals surface area contributed by atoms with Crippen LogP contribution in [0.5, 0.6) is 11.5 Å². The summed E-state index contributed by atoms with van der Waals surface area (Å²) in [5.41, 5.74) is 4.56. The minimum absolute atomic E-state index is 0.0950. The maximum atomic E-state index is 12.2. The maximum Gasteiger partial charge on any atom is 0.358 e. The van der Waals surface area contributed by atoms with Gasteiger partial charge in [-0.25, -0.2) is 4.79 Å². The summed E-state index contributed by atoms with van der Waals surface area (Å²) in [6.07, 6.45) is 6.33. The van der Waals surface area contributed by atoms with E-state index in [0.717, 1.165) is 49.7 Å². The number of benzene rings is 1. The highest BCUT2D eigenvalue weighted by molar-refractivity contribution is 7.79. The van der Waals surface area contributed by atoms with Crippen molar-refractivity contribution in [3.8, 4) is 11.5 Å². The summed E-state index contributed by atoms with van der Waals surface area (Å²) in [5.74, 6) is -1.84. The molecule has 0 radical (unpaired) electrons. The third-order valence-electron chi connectivity index (χ3n) is 9.72. The average molecular weight is 599 g/mol. The number of fused-ring (bicyclic) bond motifs is 1. The maximum absolute atomic E-state index is 12.2. The molecule has 0 aliphatic heterocycles. The minimum Gasteiger partial charge on any atom is -0.507 e. The van der Waals surface area contributed by atoms with Gasteiger partial charge in [0.25, 0.3) is 0 Å². The number of aryl methyl sites for hydroxylation is 1. The quantitative estimate of drug-likeness (QED) is 0.130. The number of thiocarbonyl (C=S) groups is 1. The van der Waals surface area contributed by atoms with Crippen molar-refractivity contribution < 1.29 is 34.7 Å². The van der Waals surface area contributed by atoms with Crippen LogP contribution in [0.1, 0.15) is 83.8 Å². The van der Waals surface area contributed by atoms with E-state index in [-0.39, 0.29) is 46.8 Å². The van der Waals surface area contributed by atoms with Crippen molar-refractivity contribution in [2.45, 2.75) is 91.3 Å². The summed E-state index contributed by atoms with van der Waals surface area (Å²) in [4.78, 5) is 12.2. The SMILES string of the molecule is C=C(C)[C@@H]1CCC(C)=C[C@H]1c1c(O)cc(CCCCC)cc1OC(=S)OCC1=C(C(=O)O)C2C(O)[C@H]([C@@H](C)O)[C@H]2[C@H]1C. The standard InChI is InChI=1S/C34H46O7S/c1-7-8-9-10-21-14-25(36)29(23-13-18(4)11-12-22(23)17(2)3)26(15-21)41-34(42)40-16-24-19(5)27-28(20(6)35)32(37)31(27)30(24)33(38)39/h13-15,19-20,22-23,27-28,31-32,35-37H,2,7-12,16H2,1,3-6H3,(H,38,39)/t19-,20+,22-,23+,27+,28+,31?,32?/m0/s1. The van der Waals surface area contributed by atoms with Gasteiger partial charge in [0.15, 0.2) is 0 Å². The molecule has 0 aromatic heterocycles. The molecule has 4 rings (SSSR count). The summed E-state index contributed by atoms with van der Waals surface area (Å²) in [6.45, 7) is 13.9. The van der Waals surface area contributed by atoms with Gasteiger partial charge in [-0.2, -0.15) is 0 Å². The fourth-order valence-corrected chi connectivity index (χ4v) is 7.71. The third kappa shape index (κ3) is 6.31. The van der Waals surface area contributed by atoms with Crippen molar-refractivity contribution in [1.82, 2.24) is 0 Å². The van der Waals surface area contributed by atoms with E-state index in [2.05, 4.69) is 26.5 Å². The van der Waals surface area contributed by atoms with Crippen LogP contribution in [-0.4, -0.2) is 50.4 Å². The number of unbranched alkanes of at least 4 members (excludes halogenated alkanes) is 2. The zero-order valence-electron chi connectivity index (χ0n) is 25.4. The lowest BCUT2D eigenvalue weighted by Crippen LogP contribution is -2.56. The molecule has 0 saturated heterocycles. The number of carbonyl (C=O) groups is 1. The van der Waals surface area contributed by atoms with Crippen LogP contribution in [0.2, 0.25) is 0 Å². The molecule has 8 heteroatoms. The van der Waals surface area contributed by atoms with Crippen LogP contribution >= 0.6 is 12.2 Å². The van der Waals surface area contributed by atoms with Crippen molar-refractivity contribution in [3.63, 3.8) is 0 Å². The van der Waals surface area contributed by atoms with Gasteiger partial charge in [-0.1, -0.05) is 50.5 Å². The van der Waals surface area contributed by atoms with Gasteiger partial charge >= 0.3 is 11.2 Å². The molecular weight excluding hydrogens is 552 g/mol. The van der Waals surface area contributed by atoms with Crippen LogP contribution in [0.4, 0.5) is 0 Å². The Morgan fingerprint density at radius 1 is 1.26 bits per heavy atom. The Morgan fingerprint density at radius 2 is 1.98 bits per heavy atom. The highest BCUT2D eigenvalue weighted by atomic mass is 32.1. The number of hydrogen-bond donors (Lipinski definition) is 4. The van der Waals surface area contributed by atoms with Crippen LogP contribution < -0.4 is 4.74 Å². The van der Waals surface area contributed by atoms with Gasteiger partial charge in [0, 0.05) is 41.1 Å². The topological polar surface area (TPSA) is 116 Å². The summed E-state index contributed by atoms with van der Waals surface area (Å²) < 4.78 is 12.0. The second-order valence-corrected chi connectivity index (χ2v) is 12.9. The molecule has 0 amide bonds. The Balaban J connectivity index is 1.61. The molecule has 0 spiro atoms. The fourth-order valence-electron chi connectivity index (χ4n) is 7.56. The van der Waals surface area contributed by atoms with Crippen LogP contribution in [0, 0.1) is 29.6 Å². The largest absolute Gasteiger partial charge is 0.507 e. The first-order chi connectivity index (χ1) is 19.9. The second-order valence-electron chi connectivity index (χ2n) is 12.6. The van der Waals surface area contributed by atoms with E-state index in [1.807, 2.05) is 26.0 Å². The van der Waals surface area contributed by atoms with Gasteiger partial charge in [0.1, 0.15) is 18.1 Å². The number of allylic oxidation sites excluding steroid dienone is 3. The molecule has 1 saturated carbocycles. The Morgan fingerprint density at radius 3 is 2.60 bits per heavy atom. The van der Waals surface area contributed by atoms with Crippen LogP contribution in [0.15, 0.2) is 47.1 Å². The predicted octanol–water partition coefficient (Wildman–Crippen LogP) is 6.46. The lowest BCUT2D eigenvalue weighted by molar-refractivity contribution is -0.149. The van der Waals surface area contributed by atoms with Gasteiger partial charge < -0.3 is 29.9 Å². The molecular formula is C34H46O7S. The Bertz CT molecular complexity index is 1280. The highest BCUT2D eigenvalue weighted by Crippen LogP contribution is 2.58. The van der Waals surface area contributed by atoms with Gasteiger partial charge in [-0.3, -0.25) is 0 Å². The number of aromatic hydroxyl groups is 1. The Labute approximate surface area is 254 Å². The van der Waals surface area contributed by atoms with E-state index in [0.29, 0.717) is 16.9 Å². The van der Waals surface area contributed by atoms with E-state index >= 15 is 0 Å². The Hall–Kier alpha value is -2.68. The smallest absolute Gasteiger partial charge is 0.358 e. The van der Waals surface area contributed by atoms with Crippen LogP contribution in [0.25, 0.3) is 0 Å². The monoisotopic (exact) mass is 598 g/mol. The average Bonchev–Trinajstić information content (AvgIpc) is 3.15. The lowest BCUT2D eigenvalue weighted by atomic mass is 9.58. The van der Waals surface area contributed by atoms with Crippen molar-refractivity contribution in [3.05, 3.63) is 58.2 Å². The van der Waals surface area contributed by atoms with Gasteiger partial charge in [-0.15, -0.1) is 0 Å². The zero-order valence-corrected chi connectivity index (χ0v) is 26.2. The first kappa shape index (κ1) is 32.2. The van der Waals surface area contributed by atoms with Crippen molar-refractivity contribution in [2.24, 2.45) is 29.6 Å². The third-order valence-corrected chi connectivity index (χ3v) is 9.92. The van der Waals surface area contributed by atoms with Crippen molar-refractivity contribution >= 4 is 23.4 Å². The molecule has 1 fully saturated rings. The van der Waals surface area contributed by atoms with Gasteiger partial charge in [0.05, 0.1) is 12.2 Å². The van der Waals surface area contributed by atoms with Crippen molar-refractivity contribution in [1.29, 1.82) is 0 Å². The number of aliphatic carboxylic acids is 1. The zero-order chi connectivity index (χ0) is 30.9. The summed E-state index contributed by atoms with van der Waals surface area (Å²) in [6, 6.07) is 3.75. The van der Waals surface area contributed by atoms with Gasteiger partial charge in [0.2, 0.25) is 0 Å². The molecule has 1 aromatic rings. The number of ether oxygens (including phenoxy) is 2. The normalized spacial score (nSPS) is 29.3. The summed E-state index contributed by atoms with van der Waals surface area (Å²) >= 11 is 5.52. The first-order valence-electron chi connectivity index (χ1n) is 15.2. The molecule has 0 heterocycles. The van der Waals surface area contributed by atoms with Crippen LogP contribution in [-0.2, 0) is 16.0 Å². The van der Waals surface area contributed by atoms with E-state index in [1.165, 1.54) is 5.57 Å². The number of aliphatic hydroxyl groups excluding tert-OH is 2. The summed E-state index contributed by atoms with van der Waals surface area (Å²) in [7, 11) is 0. The molecule has 7 nitrogen and oxygen atoms in total. The molecule has 2 unspecified atom stereocenters. The number of aliphatic hydroxyl groups is 2. The predicted molar refractivity (Wildman–Crippen MR) is 167 cm³/mol. The lowest BCUT2D eigenvalue weighted by Gasteiger charge is -2.49. The fraction of sp³-hybridized carbons (Fsp3) is 0.588. The van der Waals surface area contributed by atoms with Crippen molar-refractivity contribution in [2.75, 3.05) is 6.61 Å². The van der Waals surface area contributed by atoms with Gasteiger partial charge in [-0.05, 0) is 87.5 Å². The number of phenolic OH excluding ortho intramolecular Hbond substituents is 1. The Kier molecular flexibility index (Phi) is 10.2. The molecule has 3 aliphatic carbocycles. The molecule has 8 atom stereocenters.